The molecular formula is C35H40F3N5O6. The third kappa shape index (κ3) is 12.1. The molecule has 0 aliphatic rings. The third-order valence-electron chi connectivity index (χ3n) is 7.59. The van der Waals surface area contributed by atoms with E-state index < -0.39 is 85.2 Å². The van der Waals surface area contributed by atoms with Crippen LogP contribution < -0.4 is 27.0 Å². The molecule has 0 saturated carbocycles. The van der Waals surface area contributed by atoms with Crippen molar-refractivity contribution in [2.45, 2.75) is 63.5 Å². The highest BCUT2D eigenvalue weighted by Crippen LogP contribution is 2.24. The van der Waals surface area contributed by atoms with Gasteiger partial charge in [-0.25, -0.2) is 0 Å². The van der Waals surface area contributed by atoms with Crippen LogP contribution in [0, 0.1) is 5.92 Å². The van der Waals surface area contributed by atoms with Gasteiger partial charge >= 0.3 is 6.18 Å². The maximum Gasteiger partial charge on any atom is 0.416 e. The molecule has 262 valence electrons. The Morgan fingerprint density at radius 1 is 0.776 bits per heavy atom. The zero-order valence-corrected chi connectivity index (χ0v) is 27.0. The van der Waals surface area contributed by atoms with E-state index in [-0.39, 0.29) is 6.42 Å². The van der Waals surface area contributed by atoms with Gasteiger partial charge in [-0.15, -0.1) is 0 Å². The van der Waals surface area contributed by atoms with Crippen molar-refractivity contribution < 1.29 is 42.3 Å². The zero-order valence-electron chi connectivity index (χ0n) is 27.0. The van der Waals surface area contributed by atoms with Gasteiger partial charge in [0.2, 0.25) is 23.6 Å². The van der Waals surface area contributed by atoms with Crippen LogP contribution in [0.25, 0.3) is 11.1 Å². The molecule has 0 aromatic heterocycles. The predicted octanol–water partition coefficient (Wildman–Crippen LogP) is 2.63. The standard InChI is InChI=1S/C35H40F3N5O6/c1-21(2)30(43-32(47)25-15-13-24(14-16-25)23-11-7-4-8-12-23)34(49)42-27(19-22-9-5-3-6-10-22)33(48)40-20-29(45)41-26(17-18-28(39)44)31(46)35(36,37)38/h3-16,21,26-27,30-31,46H,17-20H2,1-2H3,(H2,39,44)(H,40,48)(H,41,45)(H,42,49)(H,43,47). The van der Waals surface area contributed by atoms with Gasteiger partial charge in [-0.3, -0.25) is 24.0 Å². The molecule has 7 N–H and O–H groups in total. The van der Waals surface area contributed by atoms with Gasteiger partial charge < -0.3 is 32.1 Å². The molecule has 0 saturated heterocycles. The van der Waals surface area contributed by atoms with Gasteiger partial charge in [0.15, 0.2) is 6.10 Å². The van der Waals surface area contributed by atoms with Gasteiger partial charge in [-0.05, 0) is 41.2 Å². The normalized spacial score (nSPS) is 13.8. The number of halogens is 3. The van der Waals surface area contributed by atoms with Crippen molar-refractivity contribution in [2.24, 2.45) is 11.7 Å². The van der Waals surface area contributed by atoms with Crippen molar-refractivity contribution >= 4 is 29.5 Å². The van der Waals surface area contributed by atoms with E-state index in [2.05, 4.69) is 16.0 Å². The second-order valence-electron chi connectivity index (χ2n) is 11.8. The van der Waals surface area contributed by atoms with Gasteiger partial charge in [0.05, 0.1) is 12.6 Å². The van der Waals surface area contributed by atoms with Crippen molar-refractivity contribution in [1.29, 1.82) is 0 Å². The first-order chi connectivity index (χ1) is 23.1. The van der Waals surface area contributed by atoms with E-state index >= 15 is 0 Å². The number of rotatable bonds is 16. The minimum atomic E-state index is -5.10. The van der Waals surface area contributed by atoms with Crippen LogP contribution in [0.4, 0.5) is 13.2 Å². The molecule has 49 heavy (non-hydrogen) atoms. The molecule has 0 fully saturated rings. The number of nitrogens with two attached hydrogens (primary N) is 1. The van der Waals surface area contributed by atoms with Crippen LogP contribution in [-0.2, 0) is 25.6 Å². The summed E-state index contributed by atoms with van der Waals surface area (Å²) in [6.45, 7) is 2.62. The van der Waals surface area contributed by atoms with Gasteiger partial charge in [0.25, 0.3) is 5.91 Å². The van der Waals surface area contributed by atoms with Crippen LogP contribution in [0.3, 0.4) is 0 Å². The molecule has 4 unspecified atom stereocenters. The fraction of sp³-hybridized carbons (Fsp3) is 0.343. The monoisotopic (exact) mass is 683 g/mol. The summed E-state index contributed by atoms with van der Waals surface area (Å²) in [4.78, 5) is 63.6. The Labute approximate surface area is 281 Å². The summed E-state index contributed by atoms with van der Waals surface area (Å²) in [6, 6.07) is 20.8. The van der Waals surface area contributed by atoms with Crippen LogP contribution in [0.2, 0.25) is 0 Å². The average molecular weight is 684 g/mol. The van der Waals surface area contributed by atoms with Crippen molar-refractivity contribution in [3.05, 3.63) is 96.1 Å². The lowest BCUT2D eigenvalue weighted by molar-refractivity contribution is -0.212. The Bertz CT molecular complexity index is 1570. The number of aliphatic hydroxyl groups is 1. The molecule has 3 rings (SSSR count). The third-order valence-corrected chi connectivity index (χ3v) is 7.59. The second kappa shape index (κ2) is 17.8. The Morgan fingerprint density at radius 3 is 1.90 bits per heavy atom. The summed E-state index contributed by atoms with van der Waals surface area (Å²) >= 11 is 0. The van der Waals surface area contributed by atoms with E-state index in [0.29, 0.717) is 11.1 Å². The molecule has 14 heteroatoms. The number of aliphatic hydroxyl groups excluding tert-OH is 1. The molecule has 0 radical (unpaired) electrons. The number of alkyl halides is 3. The number of primary amides is 1. The SMILES string of the molecule is CC(C)C(NC(=O)c1ccc(-c2ccccc2)cc1)C(=O)NC(Cc1ccccc1)C(=O)NCC(=O)NC(CCC(N)=O)C(O)C(F)(F)F. The van der Waals surface area contributed by atoms with E-state index in [1.807, 2.05) is 35.6 Å². The first-order valence-electron chi connectivity index (χ1n) is 15.6. The predicted molar refractivity (Wildman–Crippen MR) is 175 cm³/mol. The number of benzene rings is 3. The highest BCUT2D eigenvalue weighted by Gasteiger charge is 2.44. The summed E-state index contributed by atoms with van der Waals surface area (Å²) < 4.78 is 39.4. The lowest BCUT2D eigenvalue weighted by Gasteiger charge is -2.26. The number of nitrogens with one attached hydrogen (secondary N) is 4. The summed E-state index contributed by atoms with van der Waals surface area (Å²) in [5.41, 5.74) is 7.84. The maximum atomic E-state index is 13.5. The average Bonchev–Trinajstić information content (AvgIpc) is 3.07. The quantitative estimate of drug-likeness (QED) is 0.135. The second-order valence-corrected chi connectivity index (χ2v) is 11.8. The van der Waals surface area contributed by atoms with Crippen molar-refractivity contribution in [1.82, 2.24) is 21.3 Å². The Balaban J connectivity index is 1.70. The Kier molecular flexibility index (Phi) is 13.9. The molecule has 3 aromatic carbocycles. The lowest BCUT2D eigenvalue weighted by atomic mass is 10.00. The Morgan fingerprint density at radius 2 is 1.35 bits per heavy atom. The van der Waals surface area contributed by atoms with Crippen molar-refractivity contribution in [3.8, 4) is 11.1 Å². The molecule has 3 aromatic rings. The highest BCUT2D eigenvalue weighted by atomic mass is 19.4. The van der Waals surface area contributed by atoms with Gasteiger partial charge in [0.1, 0.15) is 12.1 Å². The summed E-state index contributed by atoms with van der Waals surface area (Å²) in [6.07, 6.45) is -9.24. The van der Waals surface area contributed by atoms with Crippen molar-refractivity contribution in [3.63, 3.8) is 0 Å². The minimum absolute atomic E-state index is 0.0201. The van der Waals surface area contributed by atoms with E-state index in [1.54, 1.807) is 68.4 Å². The minimum Gasteiger partial charge on any atom is -0.382 e. The van der Waals surface area contributed by atoms with Crippen LogP contribution in [0.1, 0.15) is 42.6 Å². The van der Waals surface area contributed by atoms with E-state index in [0.717, 1.165) is 11.1 Å². The number of carbonyl (C=O) groups is 5. The van der Waals surface area contributed by atoms with E-state index in [9.17, 15) is 42.3 Å². The molecule has 0 bridgehead atoms. The van der Waals surface area contributed by atoms with Crippen LogP contribution in [0.15, 0.2) is 84.9 Å². The highest BCUT2D eigenvalue weighted by molar-refractivity contribution is 5.99. The summed E-state index contributed by atoms with van der Waals surface area (Å²) in [5.74, 6) is -4.44. The number of hydrogen-bond acceptors (Lipinski definition) is 6. The maximum absolute atomic E-state index is 13.5. The number of amides is 5. The lowest BCUT2D eigenvalue weighted by Crippen LogP contribution is -2.57. The van der Waals surface area contributed by atoms with Crippen LogP contribution >= 0.6 is 0 Å². The molecular weight excluding hydrogens is 643 g/mol. The van der Waals surface area contributed by atoms with Crippen LogP contribution in [-0.4, -0.2) is 71.6 Å². The van der Waals surface area contributed by atoms with E-state index in [1.165, 1.54) is 0 Å². The molecule has 4 atom stereocenters. The molecule has 0 spiro atoms. The molecule has 0 aliphatic heterocycles. The van der Waals surface area contributed by atoms with Gasteiger partial charge in [-0.1, -0.05) is 86.6 Å². The molecule has 0 aliphatic carbocycles. The summed E-state index contributed by atoms with van der Waals surface area (Å²) in [5, 5.41) is 19.3. The largest absolute Gasteiger partial charge is 0.416 e. The smallest absolute Gasteiger partial charge is 0.382 e. The number of hydrogen-bond donors (Lipinski definition) is 6. The van der Waals surface area contributed by atoms with Crippen LogP contribution in [0.5, 0.6) is 0 Å². The van der Waals surface area contributed by atoms with Gasteiger partial charge in [-0.2, -0.15) is 13.2 Å². The first-order valence-corrected chi connectivity index (χ1v) is 15.6. The Hall–Kier alpha value is -5.24. The molecule has 0 heterocycles. The molecule has 11 nitrogen and oxygen atoms in total. The fourth-order valence-electron chi connectivity index (χ4n) is 4.91. The van der Waals surface area contributed by atoms with Crippen molar-refractivity contribution in [2.75, 3.05) is 6.54 Å². The number of carbonyl (C=O) groups excluding carboxylic acids is 5. The topological polar surface area (TPSA) is 180 Å². The van der Waals surface area contributed by atoms with Gasteiger partial charge in [0, 0.05) is 18.4 Å². The first kappa shape index (κ1) is 38.2. The van der Waals surface area contributed by atoms with E-state index in [4.69, 9.17) is 5.73 Å². The summed E-state index contributed by atoms with van der Waals surface area (Å²) in [7, 11) is 0. The zero-order chi connectivity index (χ0) is 36.1. The molecule has 5 amide bonds. The fourth-order valence-corrected chi connectivity index (χ4v) is 4.91.